The lowest BCUT2D eigenvalue weighted by Crippen LogP contribution is -2.74. The number of fused-ring (bicyclic) bond motifs is 1. The van der Waals surface area contributed by atoms with Gasteiger partial charge in [-0.15, -0.1) is 0 Å². The highest BCUT2D eigenvalue weighted by Crippen LogP contribution is 2.59. The molecule has 0 bridgehead atoms. The van der Waals surface area contributed by atoms with Crippen LogP contribution in [0.5, 0.6) is 5.75 Å². The van der Waals surface area contributed by atoms with Crippen LogP contribution in [0.15, 0.2) is 30.3 Å². The number of nitriles is 1. The standard InChI is InChI=1S/C32H36ClN5O2/c1-31(2)29(32(3,4)30(31)40-24-9-6-21(16-34)26(33)15-24)38-19-27-25(28(38)39)10-8-22(36-27)7-5-20-11-13-37(14-12-20)23-17-35-18-23/h6,8-10,15,20,23,29-30,35H,11-14,17-19H2,1-4H3. The molecule has 1 aliphatic carbocycles. The summed E-state index contributed by atoms with van der Waals surface area (Å²) in [6.07, 6.45) is 2.06. The van der Waals surface area contributed by atoms with E-state index in [1.807, 2.05) is 17.0 Å². The van der Waals surface area contributed by atoms with E-state index in [2.05, 4.69) is 55.8 Å². The van der Waals surface area contributed by atoms with E-state index in [1.165, 1.54) is 0 Å². The molecule has 0 radical (unpaired) electrons. The third kappa shape index (κ3) is 4.55. The van der Waals surface area contributed by atoms with Gasteiger partial charge < -0.3 is 15.0 Å². The second-order valence-corrected chi connectivity index (χ2v) is 13.2. The molecule has 7 nitrogen and oxygen atoms in total. The number of hydrogen-bond donors (Lipinski definition) is 1. The number of hydrogen-bond acceptors (Lipinski definition) is 6. The van der Waals surface area contributed by atoms with E-state index in [4.69, 9.17) is 21.3 Å². The molecule has 3 fully saturated rings. The molecule has 6 rings (SSSR count). The van der Waals surface area contributed by atoms with Crippen LogP contribution >= 0.6 is 11.6 Å². The quantitative estimate of drug-likeness (QED) is 0.558. The van der Waals surface area contributed by atoms with Gasteiger partial charge in [-0.3, -0.25) is 9.69 Å². The smallest absolute Gasteiger partial charge is 0.256 e. The topological polar surface area (TPSA) is 81.5 Å². The monoisotopic (exact) mass is 557 g/mol. The van der Waals surface area contributed by atoms with Crippen molar-refractivity contribution in [1.29, 1.82) is 5.26 Å². The molecule has 40 heavy (non-hydrogen) atoms. The molecule has 1 aromatic carbocycles. The first-order valence-corrected chi connectivity index (χ1v) is 14.6. The summed E-state index contributed by atoms with van der Waals surface area (Å²) in [4.78, 5) is 22.9. The Hall–Kier alpha value is -3.10. The summed E-state index contributed by atoms with van der Waals surface area (Å²) < 4.78 is 6.43. The van der Waals surface area contributed by atoms with Crippen LogP contribution in [0, 0.1) is 39.9 Å². The van der Waals surface area contributed by atoms with Crippen LogP contribution in [-0.2, 0) is 6.54 Å². The van der Waals surface area contributed by atoms with Gasteiger partial charge in [0, 0.05) is 48.0 Å². The Labute approximate surface area is 241 Å². The van der Waals surface area contributed by atoms with Crippen molar-refractivity contribution in [2.45, 2.75) is 65.3 Å². The van der Waals surface area contributed by atoms with E-state index >= 15 is 0 Å². The number of ether oxygens (including phenoxy) is 1. The van der Waals surface area contributed by atoms with Gasteiger partial charge in [0.05, 0.1) is 28.4 Å². The molecule has 0 atom stereocenters. The Morgan fingerprint density at radius 2 is 1.82 bits per heavy atom. The zero-order valence-electron chi connectivity index (χ0n) is 23.6. The Kier molecular flexibility index (Phi) is 6.82. The van der Waals surface area contributed by atoms with Crippen molar-refractivity contribution < 1.29 is 9.53 Å². The summed E-state index contributed by atoms with van der Waals surface area (Å²) >= 11 is 6.25. The van der Waals surface area contributed by atoms with Gasteiger partial charge in [-0.1, -0.05) is 45.2 Å². The van der Waals surface area contributed by atoms with Gasteiger partial charge in [0.2, 0.25) is 0 Å². The summed E-state index contributed by atoms with van der Waals surface area (Å²) in [5.74, 6) is 7.82. The van der Waals surface area contributed by atoms with Gasteiger partial charge in [0.25, 0.3) is 5.91 Å². The fourth-order valence-electron chi connectivity index (χ4n) is 7.61. The predicted molar refractivity (Wildman–Crippen MR) is 154 cm³/mol. The van der Waals surface area contributed by atoms with Gasteiger partial charge in [-0.05, 0) is 56.1 Å². The second-order valence-electron chi connectivity index (χ2n) is 12.8. The van der Waals surface area contributed by atoms with Crippen LogP contribution in [0.25, 0.3) is 0 Å². The SMILES string of the molecule is CC1(C)C(Oc2ccc(C#N)c(Cl)c2)C(C)(C)C1N1Cc2nc(C#CC3CCN(C4CNC4)CC3)ccc2C1=O. The maximum absolute atomic E-state index is 13.6. The molecule has 2 saturated heterocycles. The number of carbonyl (C=O) groups excluding carboxylic acids is 1. The Morgan fingerprint density at radius 3 is 2.45 bits per heavy atom. The van der Waals surface area contributed by atoms with Crippen molar-refractivity contribution in [3.8, 4) is 23.7 Å². The largest absolute Gasteiger partial charge is 0.489 e. The predicted octanol–water partition coefficient (Wildman–Crippen LogP) is 4.48. The fourth-order valence-corrected chi connectivity index (χ4v) is 7.82. The molecule has 2 aromatic rings. The van der Waals surface area contributed by atoms with Crippen LogP contribution in [0.4, 0.5) is 0 Å². The summed E-state index contributed by atoms with van der Waals surface area (Å²) in [6, 6.07) is 11.7. The maximum atomic E-state index is 13.6. The molecule has 1 amide bonds. The minimum atomic E-state index is -0.311. The Morgan fingerprint density at radius 1 is 1.10 bits per heavy atom. The third-order valence-corrected chi connectivity index (χ3v) is 9.70. The number of amides is 1. The van der Waals surface area contributed by atoms with E-state index in [0.29, 0.717) is 40.4 Å². The fraction of sp³-hybridized carbons (Fsp3) is 0.531. The molecular weight excluding hydrogens is 522 g/mol. The average Bonchev–Trinajstić information content (AvgIpc) is 3.20. The minimum Gasteiger partial charge on any atom is -0.489 e. The van der Waals surface area contributed by atoms with E-state index in [-0.39, 0.29) is 28.9 Å². The zero-order chi connectivity index (χ0) is 28.2. The molecule has 4 heterocycles. The zero-order valence-corrected chi connectivity index (χ0v) is 24.4. The molecule has 1 saturated carbocycles. The highest BCUT2D eigenvalue weighted by Gasteiger charge is 2.67. The number of nitrogens with zero attached hydrogens (tertiary/aromatic N) is 4. The molecule has 0 spiro atoms. The second kappa shape index (κ2) is 10.1. The van der Waals surface area contributed by atoms with Gasteiger partial charge in [-0.2, -0.15) is 5.26 Å². The number of benzene rings is 1. The Bertz CT molecular complexity index is 1420. The normalized spacial score (nSPS) is 25.7. The highest BCUT2D eigenvalue weighted by atomic mass is 35.5. The number of carbonyl (C=O) groups is 1. The first kappa shape index (κ1) is 27.1. The van der Waals surface area contributed by atoms with Crippen molar-refractivity contribution in [2.75, 3.05) is 26.2 Å². The van der Waals surface area contributed by atoms with Crippen LogP contribution in [-0.4, -0.2) is 65.1 Å². The number of rotatable bonds is 4. The average molecular weight is 558 g/mol. The lowest BCUT2D eigenvalue weighted by molar-refractivity contribution is -0.199. The van der Waals surface area contributed by atoms with Crippen molar-refractivity contribution in [1.82, 2.24) is 20.1 Å². The van der Waals surface area contributed by atoms with E-state index in [0.717, 1.165) is 50.4 Å². The summed E-state index contributed by atoms with van der Waals surface area (Å²) in [7, 11) is 0. The minimum absolute atomic E-state index is 0.0193. The van der Waals surface area contributed by atoms with E-state index in [1.54, 1.807) is 18.2 Å². The summed E-state index contributed by atoms with van der Waals surface area (Å²) in [5, 5.41) is 12.9. The maximum Gasteiger partial charge on any atom is 0.256 e. The molecular formula is C32H36ClN5O2. The first-order valence-electron chi connectivity index (χ1n) is 14.2. The molecule has 8 heteroatoms. The van der Waals surface area contributed by atoms with E-state index < -0.39 is 0 Å². The molecule has 3 aliphatic heterocycles. The van der Waals surface area contributed by atoms with Crippen molar-refractivity contribution in [3.63, 3.8) is 0 Å². The first-order chi connectivity index (χ1) is 19.1. The van der Waals surface area contributed by atoms with Gasteiger partial charge in [0.1, 0.15) is 23.6 Å². The van der Waals surface area contributed by atoms with Crippen LogP contribution in [0.3, 0.4) is 0 Å². The van der Waals surface area contributed by atoms with Crippen molar-refractivity contribution >= 4 is 17.5 Å². The van der Waals surface area contributed by atoms with Gasteiger partial charge in [-0.25, -0.2) is 4.98 Å². The Balaban J connectivity index is 1.13. The summed E-state index contributed by atoms with van der Waals surface area (Å²) in [5.41, 5.74) is 2.01. The van der Waals surface area contributed by atoms with Crippen LogP contribution in [0.1, 0.15) is 67.8 Å². The number of aromatic nitrogens is 1. The van der Waals surface area contributed by atoms with Crippen LogP contribution in [0.2, 0.25) is 5.02 Å². The van der Waals surface area contributed by atoms with Crippen molar-refractivity contribution in [2.24, 2.45) is 16.7 Å². The molecule has 1 N–H and O–H groups in total. The van der Waals surface area contributed by atoms with Gasteiger partial charge in [0.15, 0.2) is 0 Å². The molecule has 208 valence electrons. The lowest BCUT2D eigenvalue weighted by Gasteiger charge is -2.65. The lowest BCUT2D eigenvalue weighted by atomic mass is 9.49. The molecule has 1 aromatic heterocycles. The number of likely N-dealkylation sites (tertiary alicyclic amines) is 1. The summed E-state index contributed by atoms with van der Waals surface area (Å²) in [6.45, 7) is 13.5. The molecule has 0 unspecified atom stereocenters. The van der Waals surface area contributed by atoms with Crippen molar-refractivity contribution in [3.05, 3.63) is 57.9 Å². The number of halogens is 1. The third-order valence-electron chi connectivity index (χ3n) is 9.38. The number of piperidine rings is 1. The van der Waals surface area contributed by atoms with E-state index in [9.17, 15) is 10.1 Å². The number of nitrogens with one attached hydrogen (secondary N) is 1. The highest BCUT2D eigenvalue weighted by molar-refractivity contribution is 6.31. The molecule has 4 aliphatic rings. The van der Waals surface area contributed by atoms with Crippen LogP contribution < -0.4 is 10.1 Å². The van der Waals surface area contributed by atoms with Gasteiger partial charge >= 0.3 is 0 Å². The number of pyridine rings is 1.